The van der Waals surface area contributed by atoms with Crippen LogP contribution in [0.5, 0.6) is 0 Å². The Hall–Kier alpha value is -4.60. The van der Waals surface area contributed by atoms with Gasteiger partial charge in [-0.05, 0) is 32.9 Å². The number of nitrogens with zero attached hydrogens (tertiary/aromatic N) is 3. The van der Waals surface area contributed by atoms with Crippen LogP contribution in [0, 0.1) is 24.0 Å². The fraction of sp³-hybridized carbons (Fsp3) is 0.167. The number of amides is 1. The number of carbonyl (C=O) groups is 2. The highest BCUT2D eigenvalue weighted by molar-refractivity contribution is 6.06. The molecule has 34 heavy (non-hydrogen) atoms. The van der Waals surface area contributed by atoms with Crippen LogP contribution in [0.15, 0.2) is 59.1 Å². The van der Waals surface area contributed by atoms with E-state index in [0.29, 0.717) is 16.8 Å². The van der Waals surface area contributed by atoms with Gasteiger partial charge in [-0.1, -0.05) is 47.1 Å². The van der Waals surface area contributed by atoms with Crippen molar-refractivity contribution in [2.45, 2.75) is 26.9 Å². The molecule has 2 heterocycles. The Morgan fingerprint density at radius 1 is 1.12 bits per heavy atom. The predicted molar refractivity (Wildman–Crippen MR) is 123 cm³/mol. The van der Waals surface area contributed by atoms with Crippen LogP contribution < -0.4 is 5.32 Å². The Morgan fingerprint density at radius 3 is 2.53 bits per heavy atom. The number of pyridine rings is 1. The van der Waals surface area contributed by atoms with Gasteiger partial charge in [-0.3, -0.25) is 14.9 Å². The van der Waals surface area contributed by atoms with E-state index in [1.54, 1.807) is 19.1 Å². The number of anilines is 1. The number of nitro groups is 1. The number of benzene rings is 2. The van der Waals surface area contributed by atoms with Gasteiger partial charge < -0.3 is 14.6 Å². The molecule has 1 amide bonds. The quantitative estimate of drug-likeness (QED) is 0.250. The van der Waals surface area contributed by atoms with Crippen molar-refractivity contribution >= 4 is 34.4 Å². The Kier molecular flexibility index (Phi) is 6.05. The van der Waals surface area contributed by atoms with E-state index in [1.165, 1.54) is 25.1 Å². The van der Waals surface area contributed by atoms with Gasteiger partial charge in [0.1, 0.15) is 5.69 Å². The molecule has 1 atom stereocenters. The molecular weight excluding hydrogens is 440 g/mol. The molecule has 0 fully saturated rings. The first-order valence-electron chi connectivity index (χ1n) is 10.3. The molecule has 0 spiro atoms. The van der Waals surface area contributed by atoms with E-state index in [9.17, 15) is 19.7 Å². The number of ether oxygens (including phenoxy) is 1. The molecule has 2 aromatic heterocycles. The summed E-state index contributed by atoms with van der Waals surface area (Å²) in [5.74, 6) is -1.49. The number of aryl methyl sites for hydroxylation is 2. The van der Waals surface area contributed by atoms with Gasteiger partial charge in [0.2, 0.25) is 0 Å². The number of aromatic nitrogens is 2. The first-order chi connectivity index (χ1) is 16.2. The van der Waals surface area contributed by atoms with Gasteiger partial charge in [-0.15, -0.1) is 0 Å². The molecular formula is C24H20N4O6. The van der Waals surface area contributed by atoms with Crippen molar-refractivity contribution in [1.82, 2.24) is 10.1 Å². The molecule has 0 bridgehead atoms. The molecule has 4 aromatic rings. The van der Waals surface area contributed by atoms with Crippen LogP contribution in [0.2, 0.25) is 0 Å². The van der Waals surface area contributed by atoms with Crippen molar-refractivity contribution in [3.05, 3.63) is 81.5 Å². The van der Waals surface area contributed by atoms with Gasteiger partial charge in [-0.25, -0.2) is 9.78 Å². The summed E-state index contributed by atoms with van der Waals surface area (Å²) >= 11 is 0. The van der Waals surface area contributed by atoms with Gasteiger partial charge in [0, 0.05) is 11.6 Å². The average Bonchev–Trinajstić information content (AvgIpc) is 3.19. The molecule has 0 aliphatic carbocycles. The number of nitro benzene ring substituents is 1. The van der Waals surface area contributed by atoms with E-state index in [4.69, 9.17) is 9.26 Å². The molecule has 172 valence electrons. The zero-order valence-corrected chi connectivity index (χ0v) is 18.6. The molecule has 0 aliphatic heterocycles. The number of fused-ring (bicyclic) bond motifs is 1. The summed E-state index contributed by atoms with van der Waals surface area (Å²) in [6.45, 7) is 5.00. The third-order valence-corrected chi connectivity index (χ3v) is 5.20. The average molecular weight is 460 g/mol. The minimum atomic E-state index is -1.24. The van der Waals surface area contributed by atoms with Gasteiger partial charge in [0.25, 0.3) is 17.3 Å². The van der Waals surface area contributed by atoms with Crippen molar-refractivity contribution in [1.29, 1.82) is 0 Å². The van der Waals surface area contributed by atoms with Crippen LogP contribution in [0.1, 0.15) is 28.5 Å². The fourth-order valence-corrected chi connectivity index (χ4v) is 3.38. The zero-order chi connectivity index (χ0) is 24.4. The molecule has 10 heteroatoms. The number of esters is 1. The van der Waals surface area contributed by atoms with E-state index in [-0.39, 0.29) is 22.7 Å². The molecule has 0 aliphatic rings. The summed E-state index contributed by atoms with van der Waals surface area (Å²) in [7, 11) is 0. The van der Waals surface area contributed by atoms with Crippen molar-refractivity contribution in [2.75, 3.05) is 5.32 Å². The van der Waals surface area contributed by atoms with Crippen LogP contribution in [0.4, 0.5) is 11.4 Å². The molecule has 2 aromatic carbocycles. The standard InChI is InChI=1S/C24H20N4O6/c1-13-8-10-16(11-9-13)19-12-17(21-14(2)27-34-23(21)26-19)24(30)33-15(3)22(29)25-18-6-4-5-7-20(18)28(31)32/h4-12,15H,1-3H3,(H,25,29). The second kappa shape index (κ2) is 9.10. The van der Waals surface area contributed by atoms with Gasteiger partial charge >= 0.3 is 5.97 Å². The van der Waals surface area contributed by atoms with Gasteiger partial charge in [-0.2, -0.15) is 0 Å². The molecule has 4 rings (SSSR count). The lowest BCUT2D eigenvalue weighted by Gasteiger charge is -2.14. The maximum Gasteiger partial charge on any atom is 0.339 e. The van der Waals surface area contributed by atoms with Crippen molar-refractivity contribution in [3.8, 4) is 11.3 Å². The maximum atomic E-state index is 13.1. The lowest BCUT2D eigenvalue weighted by atomic mass is 10.0. The Bertz CT molecular complexity index is 1410. The fourth-order valence-electron chi connectivity index (χ4n) is 3.38. The number of nitrogens with one attached hydrogen (secondary N) is 1. The number of carbonyl (C=O) groups excluding carboxylic acids is 2. The molecule has 0 saturated carbocycles. The molecule has 0 saturated heterocycles. The van der Waals surface area contributed by atoms with Crippen molar-refractivity contribution in [3.63, 3.8) is 0 Å². The SMILES string of the molecule is Cc1ccc(-c2cc(C(=O)OC(C)C(=O)Nc3ccccc3[N+](=O)[O-])c3c(C)noc3n2)cc1. The van der Waals surface area contributed by atoms with E-state index in [2.05, 4.69) is 15.5 Å². The number of hydrogen-bond acceptors (Lipinski definition) is 8. The number of hydrogen-bond donors (Lipinski definition) is 1. The first kappa shape index (κ1) is 22.6. The summed E-state index contributed by atoms with van der Waals surface area (Å²) in [5, 5.41) is 17.9. The second-order valence-electron chi connectivity index (χ2n) is 7.68. The third kappa shape index (κ3) is 4.46. The molecule has 0 radical (unpaired) electrons. The number of rotatable bonds is 6. The minimum absolute atomic E-state index is 0.00300. The summed E-state index contributed by atoms with van der Waals surface area (Å²) < 4.78 is 10.7. The minimum Gasteiger partial charge on any atom is -0.449 e. The summed E-state index contributed by atoms with van der Waals surface area (Å²) in [6.07, 6.45) is -1.24. The smallest absolute Gasteiger partial charge is 0.339 e. The lowest BCUT2D eigenvalue weighted by molar-refractivity contribution is -0.383. The topological polar surface area (TPSA) is 137 Å². The Balaban J connectivity index is 1.61. The Labute approximate surface area is 193 Å². The molecule has 1 N–H and O–H groups in total. The van der Waals surface area contributed by atoms with E-state index in [1.807, 2.05) is 31.2 Å². The summed E-state index contributed by atoms with van der Waals surface area (Å²) in [5.41, 5.74) is 2.80. The van der Waals surface area contributed by atoms with Crippen LogP contribution in [0.25, 0.3) is 22.4 Å². The van der Waals surface area contributed by atoms with E-state index >= 15 is 0 Å². The number of para-hydroxylation sites is 2. The third-order valence-electron chi connectivity index (χ3n) is 5.20. The summed E-state index contributed by atoms with van der Waals surface area (Å²) in [4.78, 5) is 40.7. The zero-order valence-electron chi connectivity index (χ0n) is 18.6. The first-order valence-corrected chi connectivity index (χ1v) is 10.3. The largest absolute Gasteiger partial charge is 0.449 e. The lowest BCUT2D eigenvalue weighted by Crippen LogP contribution is -2.30. The van der Waals surface area contributed by atoms with Crippen LogP contribution in [-0.2, 0) is 9.53 Å². The normalized spacial score (nSPS) is 11.7. The van der Waals surface area contributed by atoms with Crippen molar-refractivity contribution in [2.24, 2.45) is 0 Å². The van der Waals surface area contributed by atoms with E-state index in [0.717, 1.165) is 11.1 Å². The Morgan fingerprint density at radius 2 is 1.82 bits per heavy atom. The summed E-state index contributed by atoms with van der Waals surface area (Å²) in [6, 6.07) is 14.8. The highest BCUT2D eigenvalue weighted by Gasteiger charge is 2.25. The van der Waals surface area contributed by atoms with Crippen LogP contribution in [-0.4, -0.2) is 33.0 Å². The van der Waals surface area contributed by atoms with Gasteiger partial charge in [0.15, 0.2) is 6.10 Å². The predicted octanol–water partition coefficient (Wildman–Crippen LogP) is 4.60. The van der Waals surface area contributed by atoms with Crippen LogP contribution >= 0.6 is 0 Å². The van der Waals surface area contributed by atoms with Crippen LogP contribution in [0.3, 0.4) is 0 Å². The monoisotopic (exact) mass is 460 g/mol. The maximum absolute atomic E-state index is 13.1. The van der Waals surface area contributed by atoms with Gasteiger partial charge in [0.05, 0.1) is 27.3 Å². The van der Waals surface area contributed by atoms with E-state index < -0.39 is 22.9 Å². The molecule has 1 unspecified atom stereocenters. The molecule has 10 nitrogen and oxygen atoms in total. The highest BCUT2D eigenvalue weighted by Crippen LogP contribution is 2.28. The second-order valence-corrected chi connectivity index (χ2v) is 7.68. The highest BCUT2D eigenvalue weighted by atomic mass is 16.6. The van der Waals surface area contributed by atoms with Crippen molar-refractivity contribution < 1.29 is 23.8 Å².